The summed E-state index contributed by atoms with van der Waals surface area (Å²) < 4.78 is 33.3. The maximum absolute atomic E-state index is 12.9. The molecule has 4 aliphatic rings. The molecule has 1 amide bonds. The zero-order valence-corrected chi connectivity index (χ0v) is 35.0. The molecule has 18 heteroatoms. The molecule has 2 saturated heterocycles. The van der Waals surface area contributed by atoms with Gasteiger partial charge in [-0.25, -0.2) is 18.4 Å². The van der Waals surface area contributed by atoms with Crippen LogP contribution in [0.3, 0.4) is 0 Å². The number of fused-ring (bicyclic) bond motifs is 3. The fourth-order valence-electron chi connectivity index (χ4n) is 9.13. The minimum Gasteiger partial charge on any atom is -0.429 e. The maximum Gasteiger partial charge on any atom is 0.317 e. The number of amides is 1. The molecule has 3 fully saturated rings. The highest BCUT2D eigenvalue weighted by molar-refractivity contribution is 7.90. The molecule has 6 aromatic rings. The molecule has 15 nitrogen and oxygen atoms in total. The Morgan fingerprint density at radius 2 is 1.75 bits per heavy atom. The number of carbonyl (C=O) groups is 1. The maximum atomic E-state index is 12.9. The molecule has 10 rings (SSSR count). The van der Waals surface area contributed by atoms with Crippen LogP contribution in [-0.2, 0) is 27.8 Å². The van der Waals surface area contributed by atoms with Gasteiger partial charge in [-0.3, -0.25) is 34.4 Å². The summed E-state index contributed by atoms with van der Waals surface area (Å²) in [4.78, 5) is 43.6. The Kier molecular flexibility index (Phi) is 10.2. The Labute approximate surface area is 360 Å². The largest absolute Gasteiger partial charge is 0.429 e. The van der Waals surface area contributed by atoms with Crippen LogP contribution < -0.4 is 10.0 Å². The molecule has 3 aromatic carbocycles. The van der Waals surface area contributed by atoms with Gasteiger partial charge in [0, 0.05) is 66.7 Å². The Morgan fingerprint density at radius 1 is 0.967 bits per heavy atom. The highest BCUT2D eigenvalue weighted by Gasteiger charge is 2.42. The number of halogens is 2. The predicted octanol–water partition coefficient (Wildman–Crippen LogP) is 7.55. The third-order valence-electron chi connectivity index (χ3n) is 12.3. The van der Waals surface area contributed by atoms with E-state index >= 15 is 0 Å². The van der Waals surface area contributed by atoms with Gasteiger partial charge < -0.3 is 14.8 Å². The van der Waals surface area contributed by atoms with Crippen molar-refractivity contribution in [2.45, 2.75) is 62.5 Å². The van der Waals surface area contributed by atoms with E-state index in [1.165, 1.54) is 0 Å². The van der Waals surface area contributed by atoms with Crippen molar-refractivity contribution in [2.24, 2.45) is 5.92 Å². The van der Waals surface area contributed by atoms with Crippen LogP contribution in [0.1, 0.15) is 54.8 Å². The quantitative estimate of drug-likeness (QED) is 0.0853. The van der Waals surface area contributed by atoms with Crippen molar-refractivity contribution < 1.29 is 27.7 Å². The molecule has 2 aliphatic heterocycles. The molecule has 3 aromatic heterocycles. The van der Waals surface area contributed by atoms with Crippen LogP contribution in [0.15, 0.2) is 71.4 Å². The summed E-state index contributed by atoms with van der Waals surface area (Å²) in [5.41, 5.74) is 5.43. The van der Waals surface area contributed by atoms with Gasteiger partial charge in [0.2, 0.25) is 27.4 Å². The number of sulfonamides is 1. The lowest BCUT2D eigenvalue weighted by molar-refractivity contribution is -0.384. The number of likely N-dealkylation sites (tertiary alicyclic amines) is 2. The number of hydrogen-bond acceptors (Lipinski definition) is 13. The molecule has 0 spiro atoms. The van der Waals surface area contributed by atoms with Crippen molar-refractivity contribution in [1.29, 1.82) is 0 Å². The normalized spacial score (nSPS) is 20.7. The number of nitro groups is 1. The van der Waals surface area contributed by atoms with Crippen molar-refractivity contribution in [3.8, 4) is 22.6 Å². The second kappa shape index (κ2) is 15.6. The molecule has 5 heterocycles. The number of carbonyl (C=O) groups excluding carboxylic acids is 1. The minimum absolute atomic E-state index is 0.0484. The third kappa shape index (κ3) is 7.48. The number of nitrogens with zero attached hydrogens (tertiary/aromatic N) is 6. The molecule has 314 valence electrons. The van der Waals surface area contributed by atoms with Crippen molar-refractivity contribution in [3.63, 3.8) is 0 Å². The predicted molar refractivity (Wildman–Crippen MR) is 231 cm³/mol. The van der Waals surface area contributed by atoms with Gasteiger partial charge >= 0.3 is 5.69 Å². The van der Waals surface area contributed by atoms with Crippen molar-refractivity contribution in [1.82, 2.24) is 29.5 Å². The molecule has 0 radical (unpaired) electrons. The van der Waals surface area contributed by atoms with Crippen molar-refractivity contribution >= 4 is 78.3 Å². The minimum atomic E-state index is -3.66. The number of oxazole rings is 1. The van der Waals surface area contributed by atoms with Gasteiger partial charge in [0.25, 0.3) is 0 Å². The number of aromatic nitrogens is 3. The van der Waals surface area contributed by atoms with E-state index < -0.39 is 32.0 Å². The smallest absolute Gasteiger partial charge is 0.317 e. The summed E-state index contributed by atoms with van der Waals surface area (Å²) in [6.07, 6.45) is 6.65. The number of nitro benzene ring substituents is 1. The summed E-state index contributed by atoms with van der Waals surface area (Å²) in [5, 5.41) is 27.1. The number of hydrogen-bond donors (Lipinski definition) is 3. The molecule has 2 aliphatic carbocycles. The number of rotatable bonds is 11. The van der Waals surface area contributed by atoms with Crippen LogP contribution >= 0.6 is 23.2 Å². The molecule has 0 bridgehead atoms. The third-order valence-corrected chi connectivity index (χ3v) is 15.0. The average molecular weight is 884 g/mol. The summed E-state index contributed by atoms with van der Waals surface area (Å²) in [6.45, 7) is 3.07. The molecule has 1 saturated carbocycles. The average Bonchev–Trinajstić information content (AvgIpc) is 3.49. The van der Waals surface area contributed by atoms with E-state index in [0.717, 1.165) is 29.5 Å². The topological polar surface area (TPSA) is 197 Å². The van der Waals surface area contributed by atoms with Gasteiger partial charge in [-0.15, -0.1) is 0 Å². The monoisotopic (exact) mass is 882 g/mol. The van der Waals surface area contributed by atoms with E-state index in [2.05, 4.69) is 30.9 Å². The molecule has 3 N–H and O–H groups in total. The molecular weight excluding hydrogens is 843 g/mol. The Bertz CT molecular complexity index is 2890. The Morgan fingerprint density at radius 3 is 2.52 bits per heavy atom. The Balaban J connectivity index is 0.919. The van der Waals surface area contributed by atoms with Crippen molar-refractivity contribution in [2.75, 3.05) is 31.5 Å². The second-order valence-electron chi connectivity index (χ2n) is 16.4. The second-order valence-corrected chi connectivity index (χ2v) is 19.1. The van der Waals surface area contributed by atoms with Crippen LogP contribution in [0.25, 0.3) is 44.6 Å². The molecule has 61 heavy (non-hydrogen) atoms. The Hall–Kier alpha value is -5.23. The fourth-order valence-corrected chi connectivity index (χ4v) is 11.1. The van der Waals surface area contributed by atoms with Crippen molar-refractivity contribution in [3.05, 3.63) is 104 Å². The highest BCUT2D eigenvalue weighted by Crippen LogP contribution is 2.48. The number of aliphatic hydroxyl groups excluding tert-OH is 1. The van der Waals surface area contributed by atoms with Gasteiger partial charge in [-0.05, 0) is 86.5 Å². The lowest BCUT2D eigenvalue weighted by atomic mass is 10.0. The molecule has 3 atom stereocenters. The summed E-state index contributed by atoms with van der Waals surface area (Å²) in [7, 11) is -3.66. The number of benzene rings is 3. The zero-order chi connectivity index (χ0) is 42.2. The first-order valence-corrected chi connectivity index (χ1v) is 22.6. The van der Waals surface area contributed by atoms with E-state index in [1.807, 2.05) is 42.6 Å². The number of aliphatic hydroxyl groups is 1. The first-order valence-electron chi connectivity index (χ1n) is 20.3. The summed E-state index contributed by atoms with van der Waals surface area (Å²) in [5.74, 6) is -0.368. The number of β-amino-alcohol motifs (C(OH)–C–C–N with tert-alkyl or cyclic N) is 1. The first-order chi connectivity index (χ1) is 29.4. The van der Waals surface area contributed by atoms with Crippen LogP contribution in [0, 0.1) is 16.0 Å². The lowest BCUT2D eigenvalue weighted by Crippen LogP contribution is -2.38. The summed E-state index contributed by atoms with van der Waals surface area (Å²) in [6, 6.07) is 16.5. The van der Waals surface area contributed by atoms with E-state index in [1.54, 1.807) is 18.3 Å². The van der Waals surface area contributed by atoms with Gasteiger partial charge in [0.05, 0.1) is 43.5 Å². The molecular formula is C43H40Cl2N8O7S. The van der Waals surface area contributed by atoms with Gasteiger partial charge in [-0.2, -0.15) is 0 Å². The number of pyridine rings is 2. The summed E-state index contributed by atoms with van der Waals surface area (Å²) >= 11 is 14.2. The van der Waals surface area contributed by atoms with Crippen LogP contribution in [0.4, 0.5) is 17.2 Å². The van der Waals surface area contributed by atoms with Gasteiger partial charge in [0.15, 0.2) is 5.82 Å². The van der Waals surface area contributed by atoms with Crippen LogP contribution in [-0.4, -0.2) is 86.6 Å². The first kappa shape index (κ1) is 39.9. The number of anilines is 2. The van der Waals surface area contributed by atoms with Crippen LogP contribution in [0.2, 0.25) is 10.0 Å². The highest BCUT2D eigenvalue weighted by atomic mass is 35.5. The van der Waals surface area contributed by atoms with Gasteiger partial charge in [-0.1, -0.05) is 47.5 Å². The lowest BCUT2D eigenvalue weighted by Gasteiger charge is -2.24. The van der Waals surface area contributed by atoms with E-state index in [9.17, 15) is 28.4 Å². The van der Waals surface area contributed by atoms with E-state index in [0.29, 0.717) is 108 Å². The van der Waals surface area contributed by atoms with Crippen LogP contribution in [0.5, 0.6) is 0 Å². The number of nitrogens with one attached hydrogen (secondary N) is 2. The SMILES string of the molecule is O=C(NS(=O)(=O)C1CC1)[C@@H]1CCN([C@@H]2CCc3c2cc2nc(-c4cccc(-c5cccc(Nc6nccc7cc(CN8CC[C@@H](O)C8)cnc67)c5Cl)c4Cl)oc2c3[N+](=O)[O-])C1. The fraction of sp³-hybridized carbons (Fsp3) is 0.349. The van der Waals surface area contributed by atoms with E-state index in [4.69, 9.17) is 37.6 Å². The van der Waals surface area contributed by atoms with Gasteiger partial charge in [0.1, 0.15) is 11.0 Å². The zero-order valence-electron chi connectivity index (χ0n) is 32.7. The van der Waals surface area contributed by atoms with E-state index in [-0.39, 0.29) is 34.3 Å². The standard InChI is InChI=1S/C43H40Cl2N8O7S/c44-36-28(29-4-2-6-33(37(29)45)48-41-38-24(11-14-46-41)17-23(19-47-38)20-51-15-13-26(54)22-51)3-1-5-31(36)43-49-34-18-32-30(39(53(56)57)40(34)60-43)9-10-35(32)52-16-12-25(21-52)42(55)50-61(58,59)27-7-8-27/h1-6,11,14,17-19,25-27,35,54H,7-10,12-13,15-16,20-22H2,(H,46,48)(H,50,55)/t25-,26-,35-/m1/s1. The molecule has 0 unspecified atom stereocenters.